The highest BCUT2D eigenvalue weighted by Gasteiger charge is 2.17. The maximum absolute atomic E-state index is 13.0. The Hall–Kier alpha value is -2.69. The average Bonchev–Trinajstić information content (AvgIpc) is 2.81. The van der Waals surface area contributed by atoms with Crippen molar-refractivity contribution in [1.29, 1.82) is 0 Å². The summed E-state index contributed by atoms with van der Waals surface area (Å²) in [5, 5.41) is 8.35. The van der Waals surface area contributed by atoms with E-state index in [-0.39, 0.29) is 5.82 Å². The number of aryl methyl sites for hydroxylation is 3. The van der Waals surface area contributed by atoms with Gasteiger partial charge in [-0.15, -0.1) is 5.10 Å². The van der Waals surface area contributed by atoms with E-state index < -0.39 is 0 Å². The zero-order valence-corrected chi connectivity index (χ0v) is 12.8. The molecule has 0 fully saturated rings. The fourth-order valence-electron chi connectivity index (χ4n) is 2.79. The number of nitrogens with two attached hydrogens (primary N) is 1. The lowest BCUT2D eigenvalue weighted by Gasteiger charge is -2.10. The van der Waals surface area contributed by atoms with Crippen molar-refractivity contribution in [3.63, 3.8) is 0 Å². The Kier molecular flexibility index (Phi) is 3.41. The van der Waals surface area contributed by atoms with E-state index >= 15 is 0 Å². The summed E-state index contributed by atoms with van der Waals surface area (Å²) in [6, 6.07) is 10.2. The van der Waals surface area contributed by atoms with Gasteiger partial charge in [-0.2, -0.15) is 4.68 Å². The summed E-state index contributed by atoms with van der Waals surface area (Å²) in [5.74, 6) is 0.148. The van der Waals surface area contributed by atoms with Crippen LogP contribution < -0.4 is 5.73 Å². The lowest BCUT2D eigenvalue weighted by Crippen LogP contribution is -2.02. The summed E-state index contributed by atoms with van der Waals surface area (Å²) in [4.78, 5) is 0. The fourth-order valence-corrected chi connectivity index (χ4v) is 2.79. The summed E-state index contributed by atoms with van der Waals surface area (Å²) < 4.78 is 14.6. The molecule has 0 saturated heterocycles. The minimum Gasteiger partial charge on any atom is -0.382 e. The Labute approximate surface area is 128 Å². The first-order chi connectivity index (χ1) is 10.5. The molecular formula is C17H17FN4. The summed E-state index contributed by atoms with van der Waals surface area (Å²) in [6.45, 7) is 6.12. The largest absolute Gasteiger partial charge is 0.382 e. The maximum atomic E-state index is 13.0. The third kappa shape index (κ3) is 2.35. The summed E-state index contributed by atoms with van der Waals surface area (Å²) in [6.07, 6.45) is 0. The van der Waals surface area contributed by atoms with Crippen molar-refractivity contribution in [1.82, 2.24) is 15.0 Å². The molecule has 0 bridgehead atoms. The molecule has 0 aliphatic heterocycles. The van der Waals surface area contributed by atoms with Crippen LogP contribution >= 0.6 is 0 Å². The highest BCUT2D eigenvalue weighted by Crippen LogP contribution is 2.31. The molecule has 0 unspecified atom stereocenters. The van der Waals surface area contributed by atoms with Gasteiger partial charge in [0, 0.05) is 5.56 Å². The highest BCUT2D eigenvalue weighted by molar-refractivity contribution is 5.76. The van der Waals surface area contributed by atoms with Gasteiger partial charge in [-0.1, -0.05) is 22.9 Å². The van der Waals surface area contributed by atoms with Crippen LogP contribution in [0, 0.1) is 26.6 Å². The van der Waals surface area contributed by atoms with E-state index in [1.54, 1.807) is 12.1 Å². The predicted octanol–water partition coefficient (Wildman–Crippen LogP) is 3.58. The van der Waals surface area contributed by atoms with Crippen molar-refractivity contribution in [3.8, 4) is 16.9 Å². The molecule has 0 saturated carbocycles. The summed E-state index contributed by atoms with van der Waals surface area (Å²) in [7, 11) is 0. The fraction of sp³-hybridized carbons (Fsp3) is 0.176. The first kappa shape index (κ1) is 14.3. The van der Waals surface area contributed by atoms with Gasteiger partial charge in [0.05, 0.1) is 5.69 Å². The van der Waals surface area contributed by atoms with E-state index in [0.717, 1.165) is 16.7 Å². The Bertz CT molecular complexity index is 811. The molecule has 3 rings (SSSR count). The molecule has 0 atom stereocenters. The SMILES string of the molecule is Cc1cc(C)c(-c2nnn(-c3ccc(F)cc3)c2N)c(C)c1. The molecular weight excluding hydrogens is 279 g/mol. The molecule has 3 aromatic rings. The zero-order chi connectivity index (χ0) is 15.9. The summed E-state index contributed by atoms with van der Waals surface area (Å²) in [5.41, 5.74) is 12.0. The molecule has 0 aliphatic carbocycles. The number of rotatable bonds is 2. The minimum atomic E-state index is -0.298. The van der Waals surface area contributed by atoms with Gasteiger partial charge in [-0.05, 0) is 56.2 Å². The van der Waals surface area contributed by atoms with Crippen LogP contribution in [-0.4, -0.2) is 15.0 Å². The number of benzene rings is 2. The third-order valence-electron chi connectivity index (χ3n) is 3.69. The van der Waals surface area contributed by atoms with Gasteiger partial charge >= 0.3 is 0 Å². The quantitative estimate of drug-likeness (QED) is 0.786. The van der Waals surface area contributed by atoms with Crippen molar-refractivity contribution >= 4 is 5.82 Å². The van der Waals surface area contributed by atoms with Gasteiger partial charge in [0.2, 0.25) is 0 Å². The van der Waals surface area contributed by atoms with Gasteiger partial charge in [0.15, 0.2) is 5.82 Å². The number of nitrogens with zero attached hydrogens (tertiary/aromatic N) is 3. The number of hydrogen-bond donors (Lipinski definition) is 1. The van der Waals surface area contributed by atoms with Crippen molar-refractivity contribution < 1.29 is 4.39 Å². The van der Waals surface area contributed by atoms with E-state index in [1.165, 1.54) is 22.4 Å². The molecule has 112 valence electrons. The van der Waals surface area contributed by atoms with E-state index in [9.17, 15) is 4.39 Å². The second-order valence-corrected chi connectivity index (χ2v) is 5.49. The van der Waals surface area contributed by atoms with Crippen LogP contribution in [0.15, 0.2) is 36.4 Å². The number of hydrogen-bond acceptors (Lipinski definition) is 3. The topological polar surface area (TPSA) is 56.7 Å². The Morgan fingerprint density at radius 3 is 2.18 bits per heavy atom. The molecule has 0 radical (unpaired) electrons. The van der Waals surface area contributed by atoms with Crippen molar-refractivity contribution in [3.05, 3.63) is 58.9 Å². The van der Waals surface area contributed by atoms with Crippen LogP contribution in [0.5, 0.6) is 0 Å². The Morgan fingerprint density at radius 2 is 1.59 bits per heavy atom. The van der Waals surface area contributed by atoms with Crippen LogP contribution in [0.2, 0.25) is 0 Å². The van der Waals surface area contributed by atoms with Gasteiger partial charge in [0.1, 0.15) is 11.5 Å². The monoisotopic (exact) mass is 296 g/mol. The second-order valence-electron chi connectivity index (χ2n) is 5.49. The zero-order valence-electron chi connectivity index (χ0n) is 12.8. The van der Waals surface area contributed by atoms with Crippen LogP contribution in [0.3, 0.4) is 0 Å². The van der Waals surface area contributed by atoms with E-state index in [1.807, 2.05) is 13.8 Å². The first-order valence-electron chi connectivity index (χ1n) is 7.02. The number of nitrogen functional groups attached to an aromatic ring is 1. The molecule has 1 heterocycles. The van der Waals surface area contributed by atoms with Crippen LogP contribution in [0.4, 0.5) is 10.2 Å². The average molecular weight is 296 g/mol. The lowest BCUT2D eigenvalue weighted by atomic mass is 9.97. The Balaban J connectivity index is 2.14. The van der Waals surface area contributed by atoms with Crippen molar-refractivity contribution in [2.45, 2.75) is 20.8 Å². The Morgan fingerprint density at radius 1 is 1.00 bits per heavy atom. The van der Waals surface area contributed by atoms with Gasteiger partial charge in [0.25, 0.3) is 0 Å². The highest BCUT2D eigenvalue weighted by atomic mass is 19.1. The molecule has 1 aromatic heterocycles. The second kappa shape index (κ2) is 5.26. The molecule has 2 aromatic carbocycles. The van der Waals surface area contributed by atoms with Gasteiger partial charge in [-0.3, -0.25) is 0 Å². The van der Waals surface area contributed by atoms with E-state index in [0.29, 0.717) is 17.2 Å². The number of aromatic nitrogens is 3. The van der Waals surface area contributed by atoms with Gasteiger partial charge < -0.3 is 5.73 Å². The number of anilines is 1. The molecule has 0 spiro atoms. The molecule has 0 amide bonds. The maximum Gasteiger partial charge on any atom is 0.155 e. The first-order valence-corrected chi connectivity index (χ1v) is 7.02. The van der Waals surface area contributed by atoms with Gasteiger partial charge in [-0.25, -0.2) is 4.39 Å². The molecule has 5 heteroatoms. The van der Waals surface area contributed by atoms with Crippen LogP contribution in [0.25, 0.3) is 16.9 Å². The number of halogens is 1. The van der Waals surface area contributed by atoms with Crippen LogP contribution in [0.1, 0.15) is 16.7 Å². The molecule has 22 heavy (non-hydrogen) atoms. The van der Waals surface area contributed by atoms with Crippen LogP contribution in [-0.2, 0) is 0 Å². The minimum absolute atomic E-state index is 0.298. The normalized spacial score (nSPS) is 10.9. The smallest absolute Gasteiger partial charge is 0.155 e. The van der Waals surface area contributed by atoms with Crippen molar-refractivity contribution in [2.75, 3.05) is 5.73 Å². The molecule has 2 N–H and O–H groups in total. The molecule has 4 nitrogen and oxygen atoms in total. The van der Waals surface area contributed by atoms with E-state index in [4.69, 9.17) is 5.73 Å². The third-order valence-corrected chi connectivity index (χ3v) is 3.69. The predicted molar refractivity (Wildman–Crippen MR) is 85.4 cm³/mol. The standard InChI is InChI=1S/C17H17FN4/c1-10-8-11(2)15(12(3)9-10)16-17(19)22(21-20-16)14-6-4-13(18)5-7-14/h4-9H,19H2,1-3H3. The van der Waals surface area contributed by atoms with Crippen molar-refractivity contribution in [2.24, 2.45) is 0 Å². The summed E-state index contributed by atoms with van der Waals surface area (Å²) >= 11 is 0. The van der Waals surface area contributed by atoms with E-state index in [2.05, 4.69) is 29.4 Å². The molecule has 0 aliphatic rings. The lowest BCUT2D eigenvalue weighted by molar-refractivity contribution is 0.627.